The van der Waals surface area contributed by atoms with Crippen molar-refractivity contribution in [3.63, 3.8) is 0 Å². The first-order chi connectivity index (χ1) is 13.1. The molecule has 0 atom stereocenters. The highest BCUT2D eigenvalue weighted by molar-refractivity contribution is 7.99. The summed E-state index contributed by atoms with van der Waals surface area (Å²) in [4.78, 5) is 33.9. The van der Waals surface area contributed by atoms with E-state index in [9.17, 15) is 9.59 Å². The van der Waals surface area contributed by atoms with Crippen molar-refractivity contribution in [2.75, 3.05) is 18.8 Å². The maximum atomic E-state index is 12.9. The van der Waals surface area contributed by atoms with E-state index in [1.165, 1.54) is 35.9 Å². The van der Waals surface area contributed by atoms with Gasteiger partial charge in [0.25, 0.3) is 5.56 Å². The summed E-state index contributed by atoms with van der Waals surface area (Å²) in [5, 5.41) is 5.29. The number of carbonyl (C=O) groups excluding carboxylic acids is 1. The summed E-state index contributed by atoms with van der Waals surface area (Å²) in [5.41, 5.74) is 0.907. The number of hydrogen-bond donors (Lipinski definition) is 0. The molecule has 0 saturated carbocycles. The van der Waals surface area contributed by atoms with Crippen molar-refractivity contribution in [1.82, 2.24) is 14.5 Å². The highest BCUT2D eigenvalue weighted by Crippen LogP contribution is 2.34. The van der Waals surface area contributed by atoms with Gasteiger partial charge in [0.1, 0.15) is 4.83 Å². The first-order valence-electron chi connectivity index (χ1n) is 9.08. The Bertz CT molecular complexity index is 999. The van der Waals surface area contributed by atoms with E-state index in [0.717, 1.165) is 41.2 Å². The third-order valence-electron chi connectivity index (χ3n) is 4.84. The Kier molecular flexibility index (Phi) is 5.66. The lowest BCUT2D eigenvalue weighted by atomic mass is 10.2. The number of rotatable bonds is 4. The van der Waals surface area contributed by atoms with Crippen LogP contribution in [0.1, 0.15) is 25.7 Å². The zero-order valence-electron chi connectivity index (χ0n) is 15.1. The minimum atomic E-state index is -0.0469. The lowest BCUT2D eigenvalue weighted by Crippen LogP contribution is -2.33. The minimum absolute atomic E-state index is 0.0469. The second kappa shape index (κ2) is 8.16. The van der Waals surface area contributed by atoms with Gasteiger partial charge >= 0.3 is 0 Å². The van der Waals surface area contributed by atoms with Gasteiger partial charge in [0.05, 0.1) is 11.1 Å². The second-order valence-corrected chi connectivity index (χ2v) is 9.40. The van der Waals surface area contributed by atoms with Crippen molar-refractivity contribution in [3.8, 4) is 10.4 Å². The fourth-order valence-corrected chi connectivity index (χ4v) is 6.01. The van der Waals surface area contributed by atoms with Crippen molar-refractivity contribution < 1.29 is 4.79 Å². The maximum Gasteiger partial charge on any atom is 0.263 e. The molecule has 0 aromatic carbocycles. The Labute approximate surface area is 170 Å². The molecule has 3 aromatic heterocycles. The molecule has 1 saturated heterocycles. The zero-order valence-corrected chi connectivity index (χ0v) is 17.6. The van der Waals surface area contributed by atoms with Gasteiger partial charge in [-0.05, 0) is 24.3 Å². The molecule has 8 heteroatoms. The van der Waals surface area contributed by atoms with Crippen molar-refractivity contribution in [2.24, 2.45) is 7.05 Å². The molecule has 1 fully saturated rings. The highest BCUT2D eigenvalue weighted by Gasteiger charge is 2.19. The van der Waals surface area contributed by atoms with Crippen molar-refractivity contribution in [1.29, 1.82) is 0 Å². The van der Waals surface area contributed by atoms with E-state index in [1.807, 2.05) is 27.8 Å². The molecule has 0 unspecified atom stereocenters. The topological polar surface area (TPSA) is 55.2 Å². The second-order valence-electron chi connectivity index (χ2n) is 6.65. The van der Waals surface area contributed by atoms with Crippen LogP contribution >= 0.6 is 34.4 Å². The summed E-state index contributed by atoms with van der Waals surface area (Å²) >= 11 is 4.47. The predicted octanol–water partition coefficient (Wildman–Crippen LogP) is 4.22. The summed E-state index contributed by atoms with van der Waals surface area (Å²) in [6, 6.07) is 4.01. The van der Waals surface area contributed by atoms with E-state index >= 15 is 0 Å². The number of nitrogens with zero attached hydrogens (tertiary/aromatic N) is 3. The smallest absolute Gasteiger partial charge is 0.263 e. The number of hydrogen-bond acceptors (Lipinski definition) is 6. The van der Waals surface area contributed by atoms with Crippen LogP contribution in [0.3, 0.4) is 0 Å². The molecule has 5 nitrogen and oxygen atoms in total. The fraction of sp³-hybridized carbons (Fsp3) is 0.421. The molecule has 3 aromatic rings. The van der Waals surface area contributed by atoms with Gasteiger partial charge in [0.15, 0.2) is 5.16 Å². The average Bonchev–Trinajstić information content (AvgIpc) is 3.26. The Balaban J connectivity index is 1.57. The van der Waals surface area contributed by atoms with Gasteiger partial charge < -0.3 is 4.90 Å². The summed E-state index contributed by atoms with van der Waals surface area (Å²) in [6.45, 7) is 1.69. The quantitative estimate of drug-likeness (QED) is 0.469. The molecule has 27 heavy (non-hydrogen) atoms. The Morgan fingerprint density at radius 3 is 2.70 bits per heavy atom. The standard InChI is InChI=1S/C19H21N3O2S3/c1-21-18(24)16-13(14-7-6-10-25-14)11-26-17(16)20-19(21)27-12-15(23)22-8-4-2-3-5-9-22/h6-7,10-11H,2-5,8-9,12H2,1H3. The van der Waals surface area contributed by atoms with Crippen LogP contribution in [0.25, 0.3) is 20.7 Å². The molecule has 1 aliphatic heterocycles. The van der Waals surface area contributed by atoms with E-state index in [4.69, 9.17) is 0 Å². The predicted molar refractivity (Wildman–Crippen MR) is 114 cm³/mol. The van der Waals surface area contributed by atoms with E-state index in [1.54, 1.807) is 23.0 Å². The monoisotopic (exact) mass is 419 g/mol. The third kappa shape index (κ3) is 3.83. The van der Waals surface area contributed by atoms with E-state index in [0.29, 0.717) is 16.3 Å². The average molecular weight is 420 g/mol. The molecule has 1 aliphatic rings. The lowest BCUT2D eigenvalue weighted by molar-refractivity contribution is -0.128. The van der Waals surface area contributed by atoms with Crippen LogP contribution in [0.4, 0.5) is 0 Å². The normalized spacial score (nSPS) is 15.2. The number of aromatic nitrogens is 2. The molecule has 142 valence electrons. The Morgan fingerprint density at radius 1 is 1.22 bits per heavy atom. The molecular weight excluding hydrogens is 398 g/mol. The Morgan fingerprint density at radius 2 is 2.00 bits per heavy atom. The van der Waals surface area contributed by atoms with Crippen LogP contribution in [0.15, 0.2) is 32.8 Å². The number of carbonyl (C=O) groups is 1. The van der Waals surface area contributed by atoms with Gasteiger partial charge in [-0.15, -0.1) is 22.7 Å². The van der Waals surface area contributed by atoms with Gasteiger partial charge in [0, 0.05) is 36.0 Å². The fourth-order valence-electron chi connectivity index (χ4n) is 3.33. The lowest BCUT2D eigenvalue weighted by Gasteiger charge is -2.20. The van der Waals surface area contributed by atoms with Gasteiger partial charge in [-0.1, -0.05) is 30.7 Å². The van der Waals surface area contributed by atoms with Crippen LogP contribution in [0.5, 0.6) is 0 Å². The number of thioether (sulfide) groups is 1. The van der Waals surface area contributed by atoms with E-state index < -0.39 is 0 Å². The molecule has 0 aliphatic carbocycles. The minimum Gasteiger partial charge on any atom is -0.342 e. The number of amides is 1. The molecule has 1 amide bonds. The summed E-state index contributed by atoms with van der Waals surface area (Å²) < 4.78 is 1.58. The summed E-state index contributed by atoms with van der Waals surface area (Å²) in [6.07, 6.45) is 4.57. The van der Waals surface area contributed by atoms with Crippen LogP contribution in [-0.4, -0.2) is 39.2 Å². The van der Waals surface area contributed by atoms with Gasteiger partial charge in [0.2, 0.25) is 5.91 Å². The largest absolute Gasteiger partial charge is 0.342 e. The molecular formula is C19H21N3O2S3. The van der Waals surface area contributed by atoms with Crippen molar-refractivity contribution in [3.05, 3.63) is 33.2 Å². The third-order valence-corrected chi connectivity index (χ3v) is 7.63. The van der Waals surface area contributed by atoms with Gasteiger partial charge in [-0.25, -0.2) is 4.98 Å². The SMILES string of the molecule is Cn1c(SCC(=O)N2CCCCCC2)nc2scc(-c3cccs3)c2c1=O. The summed E-state index contributed by atoms with van der Waals surface area (Å²) in [7, 11) is 1.74. The number of thiophene rings is 2. The van der Waals surface area contributed by atoms with Crippen LogP contribution < -0.4 is 5.56 Å². The first kappa shape index (κ1) is 18.7. The van der Waals surface area contributed by atoms with Crippen molar-refractivity contribution in [2.45, 2.75) is 30.8 Å². The molecule has 0 spiro atoms. The van der Waals surface area contributed by atoms with Crippen LogP contribution in [-0.2, 0) is 11.8 Å². The molecule has 4 rings (SSSR count). The van der Waals surface area contributed by atoms with Crippen LogP contribution in [0.2, 0.25) is 0 Å². The van der Waals surface area contributed by atoms with Crippen molar-refractivity contribution >= 4 is 50.6 Å². The van der Waals surface area contributed by atoms with E-state index in [-0.39, 0.29) is 11.5 Å². The summed E-state index contributed by atoms with van der Waals surface area (Å²) in [5.74, 6) is 0.469. The molecule has 0 N–H and O–H groups in total. The van der Waals surface area contributed by atoms with Crippen LogP contribution in [0, 0.1) is 0 Å². The van der Waals surface area contributed by atoms with E-state index in [2.05, 4.69) is 4.98 Å². The Hall–Kier alpha value is -1.64. The highest BCUT2D eigenvalue weighted by atomic mass is 32.2. The molecule has 4 heterocycles. The molecule has 0 bridgehead atoms. The molecule has 0 radical (unpaired) electrons. The number of fused-ring (bicyclic) bond motifs is 1. The zero-order chi connectivity index (χ0) is 18.8. The van der Waals surface area contributed by atoms with Gasteiger partial charge in [-0.2, -0.15) is 0 Å². The first-order valence-corrected chi connectivity index (χ1v) is 11.8. The van der Waals surface area contributed by atoms with Gasteiger partial charge in [-0.3, -0.25) is 14.2 Å². The maximum absolute atomic E-state index is 12.9. The number of likely N-dealkylation sites (tertiary alicyclic amines) is 1.